The van der Waals surface area contributed by atoms with E-state index in [1.54, 1.807) is 0 Å². The van der Waals surface area contributed by atoms with E-state index in [1.807, 2.05) is 6.07 Å². The van der Waals surface area contributed by atoms with Crippen LogP contribution in [0.15, 0.2) is 30.3 Å². The maximum Gasteiger partial charge on any atom is 0.129 e. The summed E-state index contributed by atoms with van der Waals surface area (Å²) < 4.78 is 12.3. The molecule has 2 heterocycles. The van der Waals surface area contributed by atoms with Crippen LogP contribution in [0.3, 0.4) is 0 Å². The molecule has 4 rings (SSSR count). The van der Waals surface area contributed by atoms with Crippen molar-refractivity contribution in [1.82, 2.24) is 0 Å². The SMILES string of the molecule is CC(C)c1ccc(C2COc3c(ccc4c3CCC(C)(C)O4)C2)c(O)c1. The lowest BCUT2D eigenvalue weighted by Crippen LogP contribution is -2.33. The molecule has 1 atom stereocenters. The summed E-state index contributed by atoms with van der Waals surface area (Å²) in [6, 6.07) is 10.3. The summed E-state index contributed by atoms with van der Waals surface area (Å²) >= 11 is 0. The summed E-state index contributed by atoms with van der Waals surface area (Å²) in [6.45, 7) is 9.15. The first-order chi connectivity index (χ1) is 12.3. The quantitative estimate of drug-likeness (QED) is 0.793. The lowest BCUT2D eigenvalue weighted by molar-refractivity contribution is 0.0826. The molecule has 3 heteroatoms. The zero-order chi connectivity index (χ0) is 18.5. The molecular formula is C23H28O3. The van der Waals surface area contributed by atoms with E-state index in [0.29, 0.717) is 18.3 Å². The van der Waals surface area contributed by atoms with Gasteiger partial charge in [-0.2, -0.15) is 0 Å². The van der Waals surface area contributed by atoms with Crippen LogP contribution in [0.5, 0.6) is 17.2 Å². The number of fused-ring (bicyclic) bond motifs is 3. The molecule has 0 spiro atoms. The van der Waals surface area contributed by atoms with Gasteiger partial charge in [0.05, 0.1) is 6.61 Å². The van der Waals surface area contributed by atoms with Crippen LogP contribution in [-0.2, 0) is 12.8 Å². The first-order valence-corrected chi connectivity index (χ1v) is 9.63. The molecule has 0 aliphatic carbocycles. The average molecular weight is 352 g/mol. The smallest absolute Gasteiger partial charge is 0.129 e. The highest BCUT2D eigenvalue weighted by molar-refractivity contribution is 5.53. The fraction of sp³-hybridized carbons (Fsp3) is 0.478. The number of hydrogen-bond acceptors (Lipinski definition) is 3. The summed E-state index contributed by atoms with van der Waals surface area (Å²) in [5.41, 5.74) is 4.46. The largest absolute Gasteiger partial charge is 0.508 e. The molecule has 2 aliphatic heterocycles. The monoisotopic (exact) mass is 352 g/mol. The molecule has 0 saturated carbocycles. The van der Waals surface area contributed by atoms with Crippen molar-refractivity contribution >= 4 is 0 Å². The predicted molar refractivity (Wildman–Crippen MR) is 104 cm³/mol. The topological polar surface area (TPSA) is 38.7 Å². The molecule has 26 heavy (non-hydrogen) atoms. The molecule has 0 saturated heterocycles. The minimum absolute atomic E-state index is 0.109. The summed E-state index contributed by atoms with van der Waals surface area (Å²) in [7, 11) is 0. The van der Waals surface area contributed by atoms with Gasteiger partial charge in [0.15, 0.2) is 0 Å². The van der Waals surface area contributed by atoms with E-state index in [9.17, 15) is 5.11 Å². The van der Waals surface area contributed by atoms with E-state index in [0.717, 1.165) is 41.9 Å². The molecular weight excluding hydrogens is 324 g/mol. The summed E-state index contributed by atoms with van der Waals surface area (Å²) in [6.07, 6.45) is 2.88. The molecule has 3 nitrogen and oxygen atoms in total. The highest BCUT2D eigenvalue weighted by Crippen LogP contribution is 2.44. The summed E-state index contributed by atoms with van der Waals surface area (Å²) in [5.74, 6) is 2.95. The molecule has 0 fully saturated rings. The lowest BCUT2D eigenvalue weighted by atomic mass is 9.85. The molecule has 138 valence electrons. The maximum absolute atomic E-state index is 10.5. The van der Waals surface area contributed by atoms with Gasteiger partial charge in [-0.1, -0.05) is 32.0 Å². The Morgan fingerprint density at radius 3 is 2.69 bits per heavy atom. The van der Waals surface area contributed by atoms with E-state index in [2.05, 4.69) is 52.0 Å². The number of ether oxygens (including phenoxy) is 2. The molecule has 2 aromatic rings. The second-order valence-corrected chi connectivity index (χ2v) is 8.58. The fourth-order valence-electron chi connectivity index (χ4n) is 4.08. The molecule has 0 aromatic heterocycles. The number of benzene rings is 2. The van der Waals surface area contributed by atoms with Crippen LogP contribution in [0.4, 0.5) is 0 Å². The maximum atomic E-state index is 10.5. The van der Waals surface area contributed by atoms with Crippen LogP contribution < -0.4 is 9.47 Å². The Morgan fingerprint density at radius 2 is 1.96 bits per heavy atom. The summed E-state index contributed by atoms with van der Waals surface area (Å²) in [5, 5.41) is 10.5. The Kier molecular flexibility index (Phi) is 4.13. The highest BCUT2D eigenvalue weighted by Gasteiger charge is 2.32. The molecule has 0 bridgehead atoms. The standard InChI is InChI=1S/C23H28O3/c1-14(2)15-5-7-18(20(24)12-15)17-11-16-6-8-21-19(22(16)25-13-17)9-10-23(3,4)26-21/h5-8,12,14,17,24H,9-11,13H2,1-4H3. The van der Waals surface area contributed by atoms with Crippen molar-refractivity contribution in [3.63, 3.8) is 0 Å². The normalized spacial score (nSPS) is 20.7. The third-order valence-electron chi connectivity index (χ3n) is 5.72. The first-order valence-electron chi connectivity index (χ1n) is 9.63. The first kappa shape index (κ1) is 17.3. The van der Waals surface area contributed by atoms with Gasteiger partial charge in [0.2, 0.25) is 0 Å². The van der Waals surface area contributed by atoms with Crippen molar-refractivity contribution in [2.45, 2.75) is 64.4 Å². The Balaban J connectivity index is 1.61. The Hall–Kier alpha value is -2.16. The molecule has 0 amide bonds. The lowest BCUT2D eigenvalue weighted by Gasteiger charge is -2.35. The number of phenolic OH excluding ortho intramolecular Hbond substituents is 1. The van der Waals surface area contributed by atoms with Crippen LogP contribution in [-0.4, -0.2) is 17.3 Å². The van der Waals surface area contributed by atoms with E-state index in [-0.39, 0.29) is 11.5 Å². The molecule has 2 aliphatic rings. The Bertz CT molecular complexity index is 836. The van der Waals surface area contributed by atoms with Crippen LogP contribution in [0.1, 0.15) is 68.2 Å². The number of phenols is 1. The van der Waals surface area contributed by atoms with Gasteiger partial charge in [-0.05, 0) is 62.3 Å². The minimum Gasteiger partial charge on any atom is -0.508 e. The fourth-order valence-corrected chi connectivity index (χ4v) is 4.08. The zero-order valence-corrected chi connectivity index (χ0v) is 16.1. The second kappa shape index (κ2) is 6.22. The number of aromatic hydroxyl groups is 1. The van der Waals surface area contributed by atoms with E-state index < -0.39 is 0 Å². The van der Waals surface area contributed by atoms with Crippen molar-refractivity contribution in [3.05, 3.63) is 52.6 Å². The van der Waals surface area contributed by atoms with Crippen molar-refractivity contribution < 1.29 is 14.6 Å². The van der Waals surface area contributed by atoms with Gasteiger partial charge in [-0.15, -0.1) is 0 Å². The van der Waals surface area contributed by atoms with E-state index in [1.165, 1.54) is 11.1 Å². The predicted octanol–water partition coefficient (Wildman–Crippen LogP) is 5.34. The van der Waals surface area contributed by atoms with Gasteiger partial charge in [0.25, 0.3) is 0 Å². The van der Waals surface area contributed by atoms with Crippen molar-refractivity contribution in [1.29, 1.82) is 0 Å². The molecule has 2 aromatic carbocycles. The Morgan fingerprint density at radius 1 is 1.15 bits per heavy atom. The minimum atomic E-state index is -0.109. The van der Waals surface area contributed by atoms with Gasteiger partial charge >= 0.3 is 0 Å². The van der Waals surface area contributed by atoms with Crippen LogP contribution in [0.25, 0.3) is 0 Å². The van der Waals surface area contributed by atoms with E-state index in [4.69, 9.17) is 9.47 Å². The van der Waals surface area contributed by atoms with Crippen LogP contribution >= 0.6 is 0 Å². The van der Waals surface area contributed by atoms with Gasteiger partial charge in [-0.3, -0.25) is 0 Å². The average Bonchev–Trinajstić information content (AvgIpc) is 2.60. The number of hydrogen-bond donors (Lipinski definition) is 1. The summed E-state index contributed by atoms with van der Waals surface area (Å²) in [4.78, 5) is 0. The van der Waals surface area contributed by atoms with Crippen molar-refractivity contribution in [3.8, 4) is 17.2 Å². The van der Waals surface area contributed by atoms with Crippen LogP contribution in [0.2, 0.25) is 0 Å². The van der Waals surface area contributed by atoms with Crippen LogP contribution in [0, 0.1) is 0 Å². The highest BCUT2D eigenvalue weighted by atomic mass is 16.5. The van der Waals surface area contributed by atoms with Gasteiger partial charge < -0.3 is 14.6 Å². The Labute approximate surface area is 156 Å². The molecule has 0 radical (unpaired) electrons. The van der Waals surface area contributed by atoms with Gasteiger partial charge in [0, 0.05) is 17.0 Å². The third kappa shape index (κ3) is 3.04. The zero-order valence-electron chi connectivity index (χ0n) is 16.1. The second-order valence-electron chi connectivity index (χ2n) is 8.58. The van der Waals surface area contributed by atoms with Crippen molar-refractivity contribution in [2.24, 2.45) is 0 Å². The van der Waals surface area contributed by atoms with Gasteiger partial charge in [0.1, 0.15) is 22.8 Å². The molecule has 1 unspecified atom stereocenters. The van der Waals surface area contributed by atoms with E-state index >= 15 is 0 Å². The van der Waals surface area contributed by atoms with Gasteiger partial charge in [-0.25, -0.2) is 0 Å². The third-order valence-corrected chi connectivity index (χ3v) is 5.72. The van der Waals surface area contributed by atoms with Crippen molar-refractivity contribution in [2.75, 3.05) is 6.61 Å². The number of rotatable bonds is 2. The molecule has 1 N–H and O–H groups in total.